The lowest BCUT2D eigenvalue weighted by Crippen LogP contribution is -2.49. The Bertz CT molecular complexity index is 1940. The number of H-pyrrole nitrogens is 1. The molecule has 45 heavy (non-hydrogen) atoms. The van der Waals surface area contributed by atoms with Crippen LogP contribution in [0.5, 0.6) is 0 Å². The molecule has 1 spiro atoms. The van der Waals surface area contributed by atoms with Gasteiger partial charge in [0, 0.05) is 5.41 Å². The number of aliphatic hydroxyl groups is 1. The Balaban J connectivity index is 1.10. The fraction of sp³-hybridized carbons (Fsp3) is 0.565. The molecule has 0 aromatic carbocycles. The number of aliphatic hydroxyl groups excluding tert-OH is 1. The number of aromatic nitrogens is 8. The zero-order valence-corrected chi connectivity index (χ0v) is 24.8. The van der Waals surface area contributed by atoms with Gasteiger partial charge in [0.2, 0.25) is 0 Å². The zero-order valence-electron chi connectivity index (χ0n) is 23.0. The van der Waals surface area contributed by atoms with Gasteiger partial charge >= 0.3 is 16.1 Å². The van der Waals surface area contributed by atoms with Crippen LogP contribution >= 0.6 is 16.1 Å². The van der Waals surface area contributed by atoms with Gasteiger partial charge in [0.25, 0.3) is 5.56 Å². The molecule has 4 fully saturated rings. The Labute approximate surface area is 251 Å². The molecular formula is C23H26FN9O10P2. The SMILES string of the molecule is Nc1ncnc2c1ncn2[C@H]1[C@H](O)[C@@H]2O[PH](=O)OC[C@H]3O[C@@H](n4cnc5c(=O)[nH]cnc54)[C@H](F)[C@@H]3OP(=O)(O)OC[C@]23CC[C@H]13. The molecule has 4 aliphatic rings. The maximum atomic E-state index is 15.9. The molecule has 8 rings (SSSR count). The molecule has 4 aromatic heterocycles. The number of anilines is 1. The normalized spacial score (nSPS) is 40.3. The van der Waals surface area contributed by atoms with E-state index in [1.54, 1.807) is 4.57 Å². The standard InChI is InChI=1S/C23H26FN9O10P2/c24-11-16-10(41-22(11)33-8-31-13-20(33)28-6-29-21(13)35)3-39-44(36)42-17-15(34)14(32-7-30-12-18(25)26-5-27-19(12)32)9-1-2-23(9,17)4-40-45(37,38)43-16/h5-11,14-17,22,34,44H,1-4H2,(H,37,38)(H2,25,26,27)(H,28,29,35)/t9-,10-,11-,14-,15+,16-,17+,22-,23+/m1/s1. The van der Waals surface area contributed by atoms with Gasteiger partial charge in [0.1, 0.15) is 36.3 Å². The molecule has 11 atom stereocenters. The summed E-state index contributed by atoms with van der Waals surface area (Å²) in [5.41, 5.74) is 4.87. The molecule has 22 heteroatoms. The summed E-state index contributed by atoms with van der Waals surface area (Å²) in [6, 6.07) is -0.713. The van der Waals surface area contributed by atoms with Crippen molar-refractivity contribution in [3.8, 4) is 0 Å². The lowest BCUT2D eigenvalue weighted by molar-refractivity contribution is -0.0979. The molecule has 2 saturated heterocycles. The lowest BCUT2D eigenvalue weighted by Gasteiger charge is -2.48. The smallest absolute Gasteiger partial charge is 0.388 e. The Kier molecular flexibility index (Phi) is 6.76. The number of rotatable bonds is 2. The fourth-order valence-electron chi connectivity index (χ4n) is 7.10. The van der Waals surface area contributed by atoms with E-state index in [4.69, 9.17) is 28.6 Å². The van der Waals surface area contributed by atoms with Crippen molar-refractivity contribution in [1.82, 2.24) is 39.0 Å². The molecule has 2 aliphatic carbocycles. The molecule has 2 unspecified atom stereocenters. The van der Waals surface area contributed by atoms with Crippen LogP contribution < -0.4 is 11.3 Å². The van der Waals surface area contributed by atoms with Crippen molar-refractivity contribution < 1.29 is 46.4 Å². The Hall–Kier alpha value is -3.19. The lowest BCUT2D eigenvalue weighted by atomic mass is 9.60. The molecule has 4 aromatic rings. The third kappa shape index (κ3) is 4.43. The third-order valence-electron chi connectivity index (χ3n) is 9.25. The van der Waals surface area contributed by atoms with E-state index in [1.165, 1.54) is 12.7 Å². The van der Waals surface area contributed by atoms with Gasteiger partial charge in [-0.25, -0.2) is 33.9 Å². The van der Waals surface area contributed by atoms with Crippen molar-refractivity contribution in [2.75, 3.05) is 18.9 Å². The van der Waals surface area contributed by atoms with Gasteiger partial charge < -0.3 is 39.1 Å². The summed E-state index contributed by atoms with van der Waals surface area (Å²) >= 11 is 0. The summed E-state index contributed by atoms with van der Waals surface area (Å²) in [5, 5.41) is 11.6. The van der Waals surface area contributed by atoms with Crippen LogP contribution in [0, 0.1) is 11.3 Å². The zero-order chi connectivity index (χ0) is 31.2. The first-order valence-corrected chi connectivity index (χ1v) is 16.6. The Morgan fingerprint density at radius 3 is 2.73 bits per heavy atom. The number of nitrogen functional groups attached to an aromatic ring is 1. The van der Waals surface area contributed by atoms with Crippen LogP contribution in [-0.4, -0.2) is 92.8 Å². The van der Waals surface area contributed by atoms with E-state index in [0.717, 1.165) is 17.2 Å². The van der Waals surface area contributed by atoms with E-state index >= 15 is 4.39 Å². The monoisotopic (exact) mass is 669 g/mol. The number of nitrogens with two attached hydrogens (primary N) is 1. The van der Waals surface area contributed by atoms with Gasteiger partial charge in [0.05, 0.1) is 38.2 Å². The van der Waals surface area contributed by atoms with Gasteiger partial charge in [-0.3, -0.25) is 23.0 Å². The van der Waals surface area contributed by atoms with Crippen molar-refractivity contribution >= 4 is 44.2 Å². The fourth-order valence-corrected chi connectivity index (χ4v) is 9.07. The molecule has 0 bridgehead atoms. The van der Waals surface area contributed by atoms with Crippen molar-refractivity contribution in [3.05, 3.63) is 35.7 Å². The highest BCUT2D eigenvalue weighted by atomic mass is 31.2. The van der Waals surface area contributed by atoms with E-state index in [-0.39, 0.29) is 17.0 Å². The van der Waals surface area contributed by atoms with Gasteiger partial charge in [-0.1, -0.05) is 0 Å². The molecule has 19 nitrogen and oxygen atoms in total. The molecule has 240 valence electrons. The molecule has 2 saturated carbocycles. The number of nitrogens with one attached hydrogen (secondary N) is 1. The highest BCUT2D eigenvalue weighted by molar-refractivity contribution is 7.47. The number of imidazole rings is 2. The first kappa shape index (κ1) is 29.2. The molecule has 0 radical (unpaired) electrons. The minimum absolute atomic E-state index is 0.00344. The topological polar surface area (TPSA) is 254 Å². The Morgan fingerprint density at radius 2 is 1.93 bits per heavy atom. The van der Waals surface area contributed by atoms with Crippen LogP contribution in [0.15, 0.2) is 30.1 Å². The summed E-state index contributed by atoms with van der Waals surface area (Å²) in [6.07, 6.45) is -3.29. The largest absolute Gasteiger partial charge is 0.472 e. The van der Waals surface area contributed by atoms with Crippen LogP contribution in [0.4, 0.5) is 10.2 Å². The van der Waals surface area contributed by atoms with Gasteiger partial charge in [0.15, 0.2) is 35.0 Å². The van der Waals surface area contributed by atoms with Crippen LogP contribution in [0.3, 0.4) is 0 Å². The predicted molar refractivity (Wildman–Crippen MR) is 147 cm³/mol. The number of ether oxygens (including phenoxy) is 1. The summed E-state index contributed by atoms with van der Waals surface area (Å²) in [5.74, 6) is -0.264. The van der Waals surface area contributed by atoms with E-state index in [2.05, 4.69) is 29.9 Å². The molecule has 6 heterocycles. The molecule has 5 N–H and O–H groups in total. The second kappa shape index (κ2) is 10.4. The Morgan fingerprint density at radius 1 is 1.16 bits per heavy atom. The maximum absolute atomic E-state index is 15.9. The van der Waals surface area contributed by atoms with E-state index in [9.17, 15) is 23.9 Å². The van der Waals surface area contributed by atoms with Gasteiger partial charge in [-0.05, 0) is 18.8 Å². The number of alkyl halides is 1. The summed E-state index contributed by atoms with van der Waals surface area (Å²) in [6.45, 7) is -1.04. The van der Waals surface area contributed by atoms with Gasteiger partial charge in [-0.2, -0.15) is 0 Å². The number of phosphoric acid groups is 1. The van der Waals surface area contributed by atoms with Crippen LogP contribution in [0.1, 0.15) is 25.1 Å². The quantitative estimate of drug-likeness (QED) is 0.211. The first-order valence-electron chi connectivity index (χ1n) is 13.9. The summed E-state index contributed by atoms with van der Waals surface area (Å²) in [7, 11) is -8.35. The van der Waals surface area contributed by atoms with Crippen molar-refractivity contribution in [3.63, 3.8) is 0 Å². The second-order valence-electron chi connectivity index (χ2n) is 11.4. The molecule has 0 amide bonds. The van der Waals surface area contributed by atoms with Crippen LogP contribution in [0.25, 0.3) is 22.3 Å². The van der Waals surface area contributed by atoms with Gasteiger partial charge in [-0.15, -0.1) is 0 Å². The minimum Gasteiger partial charge on any atom is -0.388 e. The average molecular weight is 669 g/mol. The van der Waals surface area contributed by atoms with Crippen molar-refractivity contribution in [1.29, 1.82) is 0 Å². The number of phosphoric ester groups is 1. The van der Waals surface area contributed by atoms with E-state index in [0.29, 0.717) is 24.0 Å². The maximum Gasteiger partial charge on any atom is 0.472 e. The first-order chi connectivity index (χ1) is 21.6. The number of fused-ring (bicyclic) bond motifs is 3. The number of nitrogens with zero attached hydrogens (tertiary/aromatic N) is 7. The highest BCUT2D eigenvalue weighted by Gasteiger charge is 2.67. The summed E-state index contributed by atoms with van der Waals surface area (Å²) < 4.78 is 73.1. The number of aromatic amines is 1. The highest BCUT2D eigenvalue weighted by Crippen LogP contribution is 2.66. The second-order valence-corrected chi connectivity index (χ2v) is 13.8. The molecule has 2 aliphatic heterocycles. The number of hydrogen-bond donors (Lipinski definition) is 4. The number of halogens is 1. The predicted octanol–water partition coefficient (Wildman–Crippen LogP) is 0.396. The third-order valence-corrected chi connectivity index (χ3v) is 11.1. The van der Waals surface area contributed by atoms with Crippen LogP contribution in [0.2, 0.25) is 0 Å². The number of hydrogen-bond acceptors (Lipinski definition) is 15. The summed E-state index contributed by atoms with van der Waals surface area (Å²) in [4.78, 5) is 45.7. The van der Waals surface area contributed by atoms with Crippen molar-refractivity contribution in [2.24, 2.45) is 11.3 Å². The van der Waals surface area contributed by atoms with E-state index in [1.807, 2.05) is 0 Å². The van der Waals surface area contributed by atoms with Crippen molar-refractivity contribution in [2.45, 2.75) is 55.7 Å². The minimum atomic E-state index is -4.98. The van der Waals surface area contributed by atoms with E-state index < -0.39 is 89.0 Å². The molecular weight excluding hydrogens is 643 g/mol. The van der Waals surface area contributed by atoms with Crippen LogP contribution in [-0.2, 0) is 32.0 Å². The average Bonchev–Trinajstić information content (AvgIpc) is 3.72.